The van der Waals surface area contributed by atoms with Crippen LogP contribution in [0.25, 0.3) is 49.0 Å². The molecule has 29 heavy (non-hydrogen) atoms. The highest BCUT2D eigenvalue weighted by Gasteiger charge is 2.24. The third-order valence-corrected chi connectivity index (χ3v) is 6.69. The summed E-state index contributed by atoms with van der Waals surface area (Å²) in [7, 11) is 6.38. The summed E-state index contributed by atoms with van der Waals surface area (Å²) in [5.41, 5.74) is 9.16. The van der Waals surface area contributed by atoms with Crippen LogP contribution in [-0.4, -0.2) is 18.5 Å². The number of pyridine rings is 2. The minimum Gasteiger partial charge on any atom is -0.378 e. The Balaban J connectivity index is 2.07. The number of benzene rings is 3. The molecule has 3 aromatic heterocycles. The van der Waals surface area contributed by atoms with Crippen molar-refractivity contribution < 1.29 is 4.57 Å². The van der Waals surface area contributed by atoms with Gasteiger partial charge in [-0.2, -0.15) is 0 Å². The van der Waals surface area contributed by atoms with Gasteiger partial charge in [-0.25, -0.2) is 4.57 Å². The van der Waals surface area contributed by atoms with Gasteiger partial charge in [-0.1, -0.05) is 18.2 Å². The van der Waals surface area contributed by atoms with E-state index >= 15 is 0 Å². The number of rotatable bonds is 1. The van der Waals surface area contributed by atoms with E-state index in [2.05, 4.69) is 104 Å². The fourth-order valence-electron chi connectivity index (χ4n) is 5.10. The second-order valence-electron chi connectivity index (χ2n) is 8.54. The Kier molecular flexibility index (Phi) is 3.08. The van der Waals surface area contributed by atoms with E-state index in [1.54, 1.807) is 0 Å². The fourth-order valence-corrected chi connectivity index (χ4v) is 5.10. The molecule has 3 nitrogen and oxygen atoms in total. The minimum atomic E-state index is 1.23. The molecule has 0 atom stereocenters. The van der Waals surface area contributed by atoms with Crippen molar-refractivity contribution in [2.24, 2.45) is 7.05 Å². The lowest BCUT2D eigenvalue weighted by molar-refractivity contribution is -0.643. The van der Waals surface area contributed by atoms with Gasteiger partial charge in [0.05, 0.1) is 27.3 Å². The molecule has 0 aliphatic carbocycles. The zero-order chi connectivity index (χ0) is 20.0. The number of nitrogens with zero attached hydrogens (tertiary/aromatic N) is 3. The van der Waals surface area contributed by atoms with Crippen LogP contribution >= 0.6 is 0 Å². The molecule has 3 aromatic carbocycles. The number of anilines is 1. The average molecular weight is 378 g/mol. The molecule has 0 bridgehead atoms. The molecule has 0 N–H and O–H groups in total. The number of hydrogen-bond donors (Lipinski definition) is 0. The van der Waals surface area contributed by atoms with Crippen LogP contribution in [0.1, 0.15) is 11.1 Å². The van der Waals surface area contributed by atoms with E-state index in [9.17, 15) is 0 Å². The Bertz CT molecular complexity index is 1600. The van der Waals surface area contributed by atoms with E-state index in [0.717, 1.165) is 0 Å². The van der Waals surface area contributed by atoms with E-state index in [1.165, 1.54) is 65.8 Å². The molecule has 0 saturated carbocycles. The molecule has 3 heteroatoms. The second kappa shape index (κ2) is 5.38. The van der Waals surface area contributed by atoms with Crippen LogP contribution in [-0.2, 0) is 7.05 Å². The molecule has 0 unspecified atom stereocenters. The summed E-state index contributed by atoms with van der Waals surface area (Å²) in [6.45, 7) is 4.51. The van der Waals surface area contributed by atoms with Gasteiger partial charge in [0.25, 0.3) is 0 Å². The van der Waals surface area contributed by atoms with Crippen LogP contribution in [0, 0.1) is 13.8 Å². The first-order chi connectivity index (χ1) is 14.0. The Morgan fingerprint density at radius 2 is 1.69 bits per heavy atom. The molecule has 0 fully saturated rings. The largest absolute Gasteiger partial charge is 0.378 e. The second-order valence-corrected chi connectivity index (χ2v) is 8.54. The summed E-state index contributed by atoms with van der Waals surface area (Å²) in [6, 6.07) is 18.1. The van der Waals surface area contributed by atoms with E-state index in [-0.39, 0.29) is 0 Å². The van der Waals surface area contributed by atoms with Gasteiger partial charge in [-0.3, -0.25) is 0 Å². The van der Waals surface area contributed by atoms with Gasteiger partial charge in [0.2, 0.25) is 5.52 Å². The Morgan fingerprint density at radius 1 is 0.862 bits per heavy atom. The number of aromatic nitrogens is 2. The topological polar surface area (TPSA) is 11.5 Å². The zero-order valence-electron chi connectivity index (χ0n) is 17.5. The molecule has 0 amide bonds. The molecule has 0 aliphatic heterocycles. The van der Waals surface area contributed by atoms with Gasteiger partial charge in [0.15, 0.2) is 6.20 Å². The number of hydrogen-bond acceptors (Lipinski definition) is 1. The van der Waals surface area contributed by atoms with Crippen LogP contribution in [0.15, 0.2) is 54.7 Å². The highest BCUT2D eigenvalue weighted by molar-refractivity contribution is 6.26. The fraction of sp³-hybridized carbons (Fsp3) is 0.192. The third-order valence-electron chi connectivity index (χ3n) is 6.69. The molecular formula is C26H24N3+. The smallest absolute Gasteiger partial charge is 0.224 e. The Labute approximate surface area is 169 Å². The van der Waals surface area contributed by atoms with Crippen molar-refractivity contribution in [3.8, 4) is 0 Å². The lowest BCUT2D eigenvalue weighted by Crippen LogP contribution is -2.29. The SMILES string of the molecule is Cc1cc2c3ccc(N(C)C)cc3n3c4cccc5cc[n+](C)c(c(c1C)c23)c54. The zero-order valence-corrected chi connectivity index (χ0v) is 17.5. The lowest BCUT2D eigenvalue weighted by atomic mass is 9.96. The minimum absolute atomic E-state index is 1.23. The van der Waals surface area contributed by atoms with Gasteiger partial charge >= 0.3 is 0 Å². The maximum absolute atomic E-state index is 2.49. The molecule has 6 rings (SSSR count). The van der Waals surface area contributed by atoms with Crippen molar-refractivity contribution in [3.05, 3.63) is 65.9 Å². The molecule has 0 radical (unpaired) electrons. The highest BCUT2D eigenvalue weighted by atomic mass is 15.1. The van der Waals surface area contributed by atoms with Gasteiger partial charge in [0, 0.05) is 36.6 Å². The summed E-state index contributed by atoms with van der Waals surface area (Å²) in [5.74, 6) is 0. The summed E-state index contributed by atoms with van der Waals surface area (Å²) in [6.07, 6.45) is 2.19. The van der Waals surface area contributed by atoms with Crippen molar-refractivity contribution in [1.82, 2.24) is 4.40 Å². The number of aryl methyl sites for hydroxylation is 3. The first kappa shape index (κ1) is 16.6. The van der Waals surface area contributed by atoms with E-state index in [4.69, 9.17) is 0 Å². The number of fused-ring (bicyclic) bond motifs is 5. The highest BCUT2D eigenvalue weighted by Crippen LogP contribution is 2.42. The van der Waals surface area contributed by atoms with Crippen LogP contribution in [0.4, 0.5) is 5.69 Å². The lowest BCUT2D eigenvalue weighted by Gasteiger charge is -2.14. The van der Waals surface area contributed by atoms with Crippen LogP contribution < -0.4 is 9.47 Å². The summed E-state index contributed by atoms with van der Waals surface area (Å²) >= 11 is 0. The van der Waals surface area contributed by atoms with E-state index in [0.29, 0.717) is 0 Å². The molecule has 0 spiro atoms. The van der Waals surface area contributed by atoms with Crippen molar-refractivity contribution in [1.29, 1.82) is 0 Å². The maximum atomic E-state index is 2.49. The summed E-state index contributed by atoms with van der Waals surface area (Å²) in [4.78, 5) is 2.18. The van der Waals surface area contributed by atoms with Gasteiger partial charge in [-0.05, 0) is 54.6 Å². The normalized spacial score (nSPS) is 12.3. The Hall–Kier alpha value is -3.33. The summed E-state index contributed by atoms with van der Waals surface area (Å²) < 4.78 is 4.79. The van der Waals surface area contributed by atoms with Crippen LogP contribution in [0.2, 0.25) is 0 Å². The molecule has 0 aliphatic rings. The Morgan fingerprint density at radius 3 is 2.48 bits per heavy atom. The van der Waals surface area contributed by atoms with Crippen molar-refractivity contribution >= 4 is 54.7 Å². The standard InChI is InChI=1S/C26H24N3/c1-15-13-20-19-10-9-18(27(3)4)14-22(19)29-21-8-6-7-17-11-12-28(5)26(24(17)21)23(16(15)2)25(20)29/h6-14H,1-5H3/q+1. The average Bonchev–Trinajstić information content (AvgIpc) is 3.03. The van der Waals surface area contributed by atoms with Gasteiger partial charge in [-0.15, -0.1) is 0 Å². The van der Waals surface area contributed by atoms with Crippen molar-refractivity contribution in [2.75, 3.05) is 19.0 Å². The van der Waals surface area contributed by atoms with Crippen molar-refractivity contribution in [2.45, 2.75) is 13.8 Å². The summed E-state index contributed by atoms with van der Waals surface area (Å²) in [5, 5.41) is 6.67. The van der Waals surface area contributed by atoms with Crippen LogP contribution in [0.3, 0.4) is 0 Å². The van der Waals surface area contributed by atoms with Gasteiger partial charge in [0.1, 0.15) is 7.05 Å². The first-order valence-corrected chi connectivity index (χ1v) is 10.1. The van der Waals surface area contributed by atoms with Gasteiger partial charge < -0.3 is 9.30 Å². The first-order valence-electron chi connectivity index (χ1n) is 10.1. The maximum Gasteiger partial charge on any atom is 0.224 e. The predicted octanol–water partition coefficient (Wildman–Crippen LogP) is 5.50. The molecule has 0 saturated heterocycles. The quantitative estimate of drug-likeness (QED) is 0.209. The van der Waals surface area contributed by atoms with Crippen molar-refractivity contribution in [3.63, 3.8) is 0 Å². The monoisotopic (exact) mass is 378 g/mol. The molecule has 142 valence electrons. The third kappa shape index (κ3) is 1.95. The molecular weight excluding hydrogens is 354 g/mol. The molecule has 6 aromatic rings. The predicted molar refractivity (Wildman–Crippen MR) is 124 cm³/mol. The van der Waals surface area contributed by atoms with E-state index in [1.807, 2.05) is 0 Å². The van der Waals surface area contributed by atoms with Crippen LogP contribution in [0.5, 0.6) is 0 Å². The van der Waals surface area contributed by atoms with E-state index < -0.39 is 0 Å². The molecule has 3 heterocycles.